The molecular weight excluding hydrogens is 1010 g/mol. The van der Waals surface area contributed by atoms with Crippen molar-refractivity contribution in [3.05, 3.63) is 149 Å². The van der Waals surface area contributed by atoms with E-state index in [4.69, 9.17) is 18.9 Å². The van der Waals surface area contributed by atoms with E-state index in [9.17, 15) is 19.8 Å². The van der Waals surface area contributed by atoms with Crippen LogP contribution in [-0.2, 0) is 58.2 Å². The molecule has 3 atom stereocenters. The van der Waals surface area contributed by atoms with Crippen molar-refractivity contribution < 1.29 is 80.9 Å². The molecule has 0 spiro atoms. The van der Waals surface area contributed by atoms with Crippen LogP contribution in [0.4, 0.5) is 4.70 Å². The van der Waals surface area contributed by atoms with Crippen LogP contribution in [0.1, 0.15) is 74.0 Å². The first-order valence-corrected chi connectivity index (χ1v) is 24.1. The third-order valence-electron chi connectivity index (χ3n) is 12.4. The maximum atomic E-state index is 12.3. The van der Waals surface area contributed by atoms with Gasteiger partial charge in [0.1, 0.15) is 23.6 Å². The Morgan fingerprint density at radius 2 is 1.40 bits per heavy atom. The molecule has 2 N–H and O–H groups in total. The Balaban J connectivity index is 0.000000205. The summed E-state index contributed by atoms with van der Waals surface area (Å²) in [6, 6.07) is 36.6. The quantitative estimate of drug-likeness (QED) is 0.0885. The monoisotopic (exact) mass is 1070 g/mol. The second-order valence-corrected chi connectivity index (χ2v) is 20.6. The minimum absolute atomic E-state index is 0. The fourth-order valence-corrected chi connectivity index (χ4v) is 11.3. The van der Waals surface area contributed by atoms with E-state index in [1.807, 2.05) is 78.9 Å². The van der Waals surface area contributed by atoms with E-state index in [0.29, 0.717) is 29.1 Å². The van der Waals surface area contributed by atoms with Crippen molar-refractivity contribution >= 4 is 57.9 Å². The number of nitrogens with zero attached hydrogens (tertiary/aromatic N) is 3. The number of ether oxygens (including phenoxy) is 5. The Morgan fingerprint density at radius 1 is 0.736 bits per heavy atom. The minimum Gasteiger partial charge on any atom is -0.496 e. The number of aliphatic hydroxyl groups excluding tert-OH is 2. The van der Waals surface area contributed by atoms with E-state index in [1.165, 1.54) is 41.8 Å². The van der Waals surface area contributed by atoms with Gasteiger partial charge in [-0.1, -0.05) is 95.3 Å². The number of hydrogen-bond donors (Lipinski definition) is 2. The average Bonchev–Trinajstić information content (AvgIpc) is 3.82. The van der Waals surface area contributed by atoms with Crippen LogP contribution in [-0.4, -0.2) is 76.5 Å². The zero-order chi connectivity index (χ0) is 49.1. The smallest absolute Gasteiger partial charge is 0.339 e. The number of aromatic nitrogens is 3. The number of methoxy groups -OCH3 is 3. The fraction of sp³-hybridized carbons (Fsp3) is 0.281. The second-order valence-electron chi connectivity index (χ2n) is 17.7. The number of aliphatic hydroxyl groups is 2. The van der Waals surface area contributed by atoms with Crippen LogP contribution in [0.5, 0.6) is 17.2 Å². The number of esters is 2. The topological polar surface area (TPSA) is 159 Å². The van der Waals surface area contributed by atoms with Gasteiger partial charge in [0.25, 0.3) is 0 Å². The molecule has 0 amide bonds. The third-order valence-corrected chi connectivity index (χ3v) is 15.4. The summed E-state index contributed by atoms with van der Waals surface area (Å²) in [6.45, 7) is 13.2. The Labute approximate surface area is 446 Å². The molecule has 0 bridgehead atoms. The summed E-state index contributed by atoms with van der Waals surface area (Å²) in [5, 5.41) is 24.8. The van der Waals surface area contributed by atoms with E-state index in [0.717, 1.165) is 73.9 Å². The van der Waals surface area contributed by atoms with Gasteiger partial charge in [-0.3, -0.25) is 14.7 Å². The van der Waals surface area contributed by atoms with Gasteiger partial charge in [-0.15, -0.1) is 23.6 Å². The first kappa shape index (κ1) is 57.0. The number of pyridine rings is 3. The number of hydrogen-bond acceptors (Lipinski definition) is 12. The van der Waals surface area contributed by atoms with Crippen molar-refractivity contribution in [2.24, 2.45) is 0 Å². The number of para-hydroxylation sites is 2. The zero-order valence-corrected chi connectivity index (χ0v) is 44.9. The number of benzene rings is 5. The molecule has 0 aliphatic carbocycles. The fourth-order valence-electron chi connectivity index (χ4n) is 8.96. The molecule has 0 saturated carbocycles. The predicted molar refractivity (Wildman–Crippen MR) is 280 cm³/mol. The predicted octanol–water partition coefficient (Wildman–Crippen LogP) is 11.2. The summed E-state index contributed by atoms with van der Waals surface area (Å²) in [5.41, 5.74) is 10.7. The van der Waals surface area contributed by atoms with Crippen LogP contribution in [0.3, 0.4) is 0 Å². The molecule has 5 heterocycles. The zero-order valence-electron chi connectivity index (χ0n) is 41.2. The van der Waals surface area contributed by atoms with E-state index in [-0.39, 0.29) is 57.9 Å². The maximum Gasteiger partial charge on any atom is 0.339 e. The van der Waals surface area contributed by atoms with Crippen LogP contribution in [0.2, 0.25) is 0 Å². The normalized spacial score (nSPS) is 13.9. The Bertz CT molecular complexity index is 3250. The molecular formula is C57H60FN3O9PY-. The molecule has 10 rings (SSSR count). The molecule has 8 aromatic rings. The first-order valence-electron chi connectivity index (χ1n) is 22.6. The van der Waals surface area contributed by atoms with E-state index < -0.39 is 24.1 Å². The van der Waals surface area contributed by atoms with Gasteiger partial charge in [0.2, 0.25) is 0 Å². The summed E-state index contributed by atoms with van der Waals surface area (Å²) in [4.78, 5) is 37.2. The molecule has 2 aliphatic heterocycles. The Kier molecular flexibility index (Phi) is 19.1. The number of rotatable bonds is 7. The van der Waals surface area contributed by atoms with Crippen LogP contribution >= 0.6 is 7.92 Å². The van der Waals surface area contributed by atoms with Crippen LogP contribution in [0.25, 0.3) is 55.0 Å². The molecule has 2 aliphatic rings. The van der Waals surface area contributed by atoms with Gasteiger partial charge in [-0.25, -0.2) is 9.59 Å². The summed E-state index contributed by atoms with van der Waals surface area (Å²) < 4.78 is 26.8. The standard InChI is InChI=1S/C24H20N2O4.C19H23O2P.C13H12NO3.CH4.FH.Y/c1-13-19(23(27)24(28)29-2)21(15-5-3-4-6-17(15)26-13)16-7-8-18-20-14(10-12-30-18)9-11-25-22(16)20;1-13-8-6-10-15(20-5)17(13)14-9-7-11-16-18(14)22(12-21-16)19(2,3)4;1-8-10(12(15)13(16)17-2)7-9-5-3-4-6-11(9)14-8;;;/h3-9,11,23,27H,10,12H2,1-2H3;6-11H,12H2,1-5H3;3-6,12,15H,1-2H3;1H4;1H;/q;;-1;;;/t23-;22-;12-;;;/m010.../s1. The van der Waals surface area contributed by atoms with Crippen molar-refractivity contribution in [3.63, 3.8) is 0 Å². The van der Waals surface area contributed by atoms with Crippen molar-refractivity contribution in [1.29, 1.82) is 0 Å². The van der Waals surface area contributed by atoms with Gasteiger partial charge < -0.3 is 38.9 Å². The summed E-state index contributed by atoms with van der Waals surface area (Å²) in [7, 11) is 3.88. The number of carbonyl (C=O) groups excluding carboxylic acids is 2. The summed E-state index contributed by atoms with van der Waals surface area (Å²) in [5.74, 6) is 1.35. The molecule has 0 unspecified atom stereocenters. The van der Waals surface area contributed by atoms with Crippen molar-refractivity contribution in [2.45, 2.75) is 72.8 Å². The second kappa shape index (κ2) is 24.2. The van der Waals surface area contributed by atoms with Gasteiger partial charge in [0, 0.05) is 89.4 Å². The van der Waals surface area contributed by atoms with Crippen LogP contribution in [0, 0.1) is 26.8 Å². The van der Waals surface area contributed by atoms with Gasteiger partial charge >= 0.3 is 11.9 Å². The molecule has 373 valence electrons. The average molecular weight is 1070 g/mol. The van der Waals surface area contributed by atoms with Crippen LogP contribution < -0.4 is 19.5 Å². The molecule has 0 saturated heterocycles. The third kappa shape index (κ3) is 11.3. The van der Waals surface area contributed by atoms with E-state index in [2.05, 4.69) is 77.7 Å². The van der Waals surface area contributed by atoms with E-state index in [1.54, 1.807) is 27.2 Å². The summed E-state index contributed by atoms with van der Waals surface area (Å²) in [6.07, 6.45) is 0.632. The van der Waals surface area contributed by atoms with Crippen molar-refractivity contribution in [2.75, 3.05) is 34.3 Å². The molecule has 5 aromatic carbocycles. The number of carbonyl (C=O) groups is 2. The Hall–Kier alpha value is -5.95. The minimum atomic E-state index is -1.45. The Morgan fingerprint density at radius 3 is 2.11 bits per heavy atom. The number of aryl methyl sites for hydroxylation is 3. The molecule has 72 heavy (non-hydrogen) atoms. The largest absolute Gasteiger partial charge is 0.496 e. The molecule has 15 heteroatoms. The van der Waals surface area contributed by atoms with E-state index >= 15 is 0 Å². The maximum absolute atomic E-state index is 12.3. The van der Waals surface area contributed by atoms with Crippen LogP contribution in [0.15, 0.2) is 109 Å². The van der Waals surface area contributed by atoms with Gasteiger partial charge in [-0.2, -0.15) is 0 Å². The first-order chi connectivity index (χ1) is 33.2. The van der Waals surface area contributed by atoms with Crippen molar-refractivity contribution in [1.82, 2.24) is 15.0 Å². The van der Waals surface area contributed by atoms with Gasteiger partial charge in [0.15, 0.2) is 12.2 Å². The molecule has 0 fully saturated rings. The number of fused-ring (bicyclic) bond motifs is 3. The number of halogens is 1. The molecule has 12 nitrogen and oxygen atoms in total. The SMILES string of the molecule is C.COC(=O)[C@@H](O)c1[c-]c2ccccc2nc1C.COC(=O)[C@@H](O)c1c(C)nc2ccccc2c1-c1ccc2c3c(ccnc13)CCO2.COc1cccc(C)c1-c1cccc2c1[P@](C(C)(C)C)CO2.F.[Y]. The summed E-state index contributed by atoms with van der Waals surface area (Å²) >= 11 is 0. The molecule has 1 radical (unpaired) electrons. The van der Waals surface area contributed by atoms with Gasteiger partial charge in [-0.05, 0) is 91.2 Å². The molecule has 3 aromatic heterocycles. The van der Waals surface area contributed by atoms with Gasteiger partial charge in [0.05, 0.1) is 39.0 Å². The van der Waals surface area contributed by atoms with Crippen molar-refractivity contribution in [3.8, 4) is 39.5 Å².